The monoisotopic (exact) mass is 432 g/mol. The number of pyridine rings is 1. The van der Waals surface area contributed by atoms with Gasteiger partial charge in [0.1, 0.15) is 5.60 Å². The SMILES string of the molecule is CC(C)c1ccc(C(O)(c2cncc(C#CC3CCC(O)CC3)c2)C2(C)CN(C)C2)cc1. The zero-order valence-corrected chi connectivity index (χ0v) is 19.8. The Morgan fingerprint density at radius 1 is 1.06 bits per heavy atom. The summed E-state index contributed by atoms with van der Waals surface area (Å²) in [5, 5.41) is 22.0. The molecular formula is C28H36N2O2. The summed E-state index contributed by atoms with van der Waals surface area (Å²) in [6, 6.07) is 10.4. The quantitative estimate of drug-likeness (QED) is 0.708. The Bertz CT molecular complexity index is 990. The highest BCUT2D eigenvalue weighted by Crippen LogP contribution is 2.50. The van der Waals surface area contributed by atoms with Crippen LogP contribution in [0.4, 0.5) is 0 Å². The molecule has 1 aromatic heterocycles. The van der Waals surface area contributed by atoms with Crippen molar-refractivity contribution in [2.75, 3.05) is 20.1 Å². The van der Waals surface area contributed by atoms with E-state index in [1.165, 1.54) is 5.56 Å². The van der Waals surface area contributed by atoms with Crippen molar-refractivity contribution in [3.05, 3.63) is 65.0 Å². The molecule has 1 atom stereocenters. The molecule has 1 aliphatic heterocycles. The zero-order valence-electron chi connectivity index (χ0n) is 19.8. The Balaban J connectivity index is 1.69. The van der Waals surface area contributed by atoms with Crippen LogP contribution in [0.2, 0.25) is 0 Å². The number of aliphatic hydroxyl groups excluding tert-OH is 1. The summed E-state index contributed by atoms with van der Waals surface area (Å²) in [6.07, 6.45) is 6.95. The molecule has 1 aliphatic carbocycles. The number of aromatic nitrogens is 1. The number of hydrogen-bond donors (Lipinski definition) is 2. The fourth-order valence-electron chi connectivity index (χ4n) is 5.46. The second-order valence-electron chi connectivity index (χ2n) is 10.5. The van der Waals surface area contributed by atoms with Crippen molar-refractivity contribution < 1.29 is 10.2 Å². The van der Waals surface area contributed by atoms with Crippen LogP contribution in [-0.2, 0) is 5.60 Å². The van der Waals surface area contributed by atoms with Crippen LogP contribution in [0, 0.1) is 23.2 Å². The van der Waals surface area contributed by atoms with Crippen LogP contribution in [0.25, 0.3) is 0 Å². The highest BCUT2D eigenvalue weighted by Gasteiger charge is 2.55. The van der Waals surface area contributed by atoms with E-state index in [-0.39, 0.29) is 11.5 Å². The third-order valence-corrected chi connectivity index (χ3v) is 7.38. The number of benzene rings is 1. The summed E-state index contributed by atoms with van der Waals surface area (Å²) in [6.45, 7) is 8.16. The number of aliphatic hydroxyl groups is 2. The molecule has 4 heteroatoms. The molecule has 0 bridgehead atoms. The molecule has 4 nitrogen and oxygen atoms in total. The van der Waals surface area contributed by atoms with Crippen molar-refractivity contribution in [1.29, 1.82) is 0 Å². The van der Waals surface area contributed by atoms with Crippen molar-refractivity contribution in [3.63, 3.8) is 0 Å². The van der Waals surface area contributed by atoms with E-state index < -0.39 is 5.60 Å². The lowest BCUT2D eigenvalue weighted by Crippen LogP contribution is -2.63. The third-order valence-electron chi connectivity index (χ3n) is 7.38. The van der Waals surface area contributed by atoms with Crippen LogP contribution >= 0.6 is 0 Å². The predicted molar refractivity (Wildman–Crippen MR) is 128 cm³/mol. The van der Waals surface area contributed by atoms with Gasteiger partial charge in [0, 0.05) is 47.9 Å². The largest absolute Gasteiger partial charge is 0.393 e. The van der Waals surface area contributed by atoms with Crippen molar-refractivity contribution in [2.45, 2.75) is 64.1 Å². The summed E-state index contributed by atoms with van der Waals surface area (Å²) in [5.41, 5.74) is 2.36. The van der Waals surface area contributed by atoms with Crippen LogP contribution in [0.3, 0.4) is 0 Å². The summed E-state index contributed by atoms with van der Waals surface area (Å²) in [5.74, 6) is 7.45. The molecule has 170 valence electrons. The molecule has 1 aromatic carbocycles. The lowest BCUT2D eigenvalue weighted by Gasteiger charge is -2.55. The van der Waals surface area contributed by atoms with Gasteiger partial charge < -0.3 is 15.1 Å². The molecule has 4 rings (SSSR count). The Morgan fingerprint density at radius 3 is 2.31 bits per heavy atom. The molecule has 0 amide bonds. The minimum Gasteiger partial charge on any atom is -0.393 e. The average Bonchev–Trinajstić information content (AvgIpc) is 2.77. The molecule has 2 aromatic rings. The summed E-state index contributed by atoms with van der Waals surface area (Å²) in [4.78, 5) is 6.71. The fraction of sp³-hybridized carbons (Fsp3) is 0.536. The molecule has 1 saturated carbocycles. The van der Waals surface area contributed by atoms with E-state index >= 15 is 0 Å². The number of likely N-dealkylation sites (tertiary alicyclic amines) is 1. The maximum atomic E-state index is 12.3. The van der Waals surface area contributed by atoms with E-state index in [0.717, 1.165) is 55.5 Å². The number of hydrogen-bond acceptors (Lipinski definition) is 4. The minimum absolute atomic E-state index is 0.170. The first-order chi connectivity index (χ1) is 15.2. The van der Waals surface area contributed by atoms with Gasteiger partial charge in [-0.15, -0.1) is 0 Å². The van der Waals surface area contributed by atoms with Crippen molar-refractivity contribution >= 4 is 0 Å². The molecule has 2 heterocycles. The van der Waals surface area contributed by atoms with E-state index in [1.807, 2.05) is 6.07 Å². The molecular weight excluding hydrogens is 396 g/mol. The first-order valence-corrected chi connectivity index (χ1v) is 11.9. The van der Waals surface area contributed by atoms with Crippen LogP contribution in [0.1, 0.15) is 74.6 Å². The van der Waals surface area contributed by atoms with Gasteiger partial charge in [0.25, 0.3) is 0 Å². The standard InChI is InChI=1S/C28H36N2O2/c1-20(2)23-9-11-24(12-10-23)28(32,27(3)18-30(4)19-27)25-15-22(16-29-17-25)6-5-21-7-13-26(31)14-8-21/h9-12,15-17,20-21,26,31-32H,7-8,13-14,18-19H2,1-4H3. The van der Waals surface area contributed by atoms with Crippen molar-refractivity contribution in [3.8, 4) is 11.8 Å². The second-order valence-corrected chi connectivity index (χ2v) is 10.5. The summed E-state index contributed by atoms with van der Waals surface area (Å²) in [7, 11) is 2.09. The minimum atomic E-state index is -1.14. The molecule has 32 heavy (non-hydrogen) atoms. The van der Waals surface area contributed by atoms with Gasteiger partial charge in [0.2, 0.25) is 0 Å². The average molecular weight is 433 g/mol. The van der Waals surface area contributed by atoms with Gasteiger partial charge in [-0.25, -0.2) is 0 Å². The fourth-order valence-corrected chi connectivity index (χ4v) is 5.46. The number of rotatable bonds is 4. The molecule has 1 saturated heterocycles. The molecule has 0 spiro atoms. The molecule has 2 aliphatic rings. The topological polar surface area (TPSA) is 56.6 Å². The van der Waals surface area contributed by atoms with Crippen LogP contribution in [0.5, 0.6) is 0 Å². The van der Waals surface area contributed by atoms with Gasteiger partial charge >= 0.3 is 0 Å². The van der Waals surface area contributed by atoms with E-state index in [1.54, 1.807) is 12.4 Å². The van der Waals surface area contributed by atoms with Gasteiger partial charge in [0.05, 0.1) is 6.10 Å². The Morgan fingerprint density at radius 2 is 1.72 bits per heavy atom. The van der Waals surface area contributed by atoms with E-state index in [9.17, 15) is 10.2 Å². The molecule has 1 unspecified atom stereocenters. The molecule has 2 fully saturated rings. The summed E-state index contributed by atoms with van der Waals surface area (Å²) >= 11 is 0. The Labute approximate surface area is 192 Å². The van der Waals surface area contributed by atoms with Crippen LogP contribution in [0.15, 0.2) is 42.7 Å². The lowest BCUT2D eigenvalue weighted by atomic mass is 9.62. The molecule has 2 N–H and O–H groups in total. The number of nitrogens with zero attached hydrogens (tertiary/aromatic N) is 2. The normalized spacial score (nSPS) is 24.8. The van der Waals surface area contributed by atoms with Gasteiger partial charge in [0.15, 0.2) is 0 Å². The smallest absolute Gasteiger partial charge is 0.124 e. The Kier molecular flexibility index (Phi) is 6.45. The van der Waals surface area contributed by atoms with Gasteiger partial charge in [-0.2, -0.15) is 0 Å². The first-order valence-electron chi connectivity index (χ1n) is 11.9. The third kappa shape index (κ3) is 4.35. The van der Waals surface area contributed by atoms with Crippen molar-refractivity contribution in [2.24, 2.45) is 11.3 Å². The highest BCUT2D eigenvalue weighted by atomic mass is 16.3. The van der Waals surface area contributed by atoms with Gasteiger partial charge in [-0.3, -0.25) is 4.98 Å². The first kappa shape index (κ1) is 23.0. The predicted octanol–water partition coefficient (Wildman–Crippen LogP) is 4.30. The molecule has 0 radical (unpaired) electrons. The summed E-state index contributed by atoms with van der Waals surface area (Å²) < 4.78 is 0. The van der Waals surface area contributed by atoms with Crippen molar-refractivity contribution in [1.82, 2.24) is 9.88 Å². The maximum Gasteiger partial charge on any atom is 0.124 e. The van der Waals surface area contributed by atoms with E-state index in [0.29, 0.717) is 11.8 Å². The van der Waals surface area contributed by atoms with E-state index in [4.69, 9.17) is 0 Å². The zero-order chi connectivity index (χ0) is 22.9. The van der Waals surface area contributed by atoms with E-state index in [2.05, 4.69) is 73.8 Å². The van der Waals surface area contributed by atoms with Crippen LogP contribution < -0.4 is 0 Å². The maximum absolute atomic E-state index is 12.3. The Hall–Kier alpha value is -2.19. The van der Waals surface area contributed by atoms with Crippen LogP contribution in [-0.4, -0.2) is 46.3 Å². The second kappa shape index (κ2) is 8.98. The lowest BCUT2D eigenvalue weighted by molar-refractivity contribution is -0.127. The highest BCUT2D eigenvalue weighted by molar-refractivity contribution is 5.44. The van der Waals surface area contributed by atoms with Gasteiger partial charge in [-0.05, 0) is 55.8 Å². The van der Waals surface area contributed by atoms with Gasteiger partial charge in [-0.1, -0.05) is 56.9 Å².